The highest BCUT2D eigenvalue weighted by molar-refractivity contribution is 6.46. The molecule has 3 rings (SSSR count). The molecule has 1 saturated heterocycles. The largest absolute Gasteiger partial charge is 0.507 e. The highest BCUT2D eigenvalue weighted by Crippen LogP contribution is 2.40. The topological polar surface area (TPSA) is 113 Å². The van der Waals surface area contributed by atoms with Crippen molar-refractivity contribution in [2.24, 2.45) is 0 Å². The van der Waals surface area contributed by atoms with E-state index < -0.39 is 34.2 Å². The van der Waals surface area contributed by atoms with Crippen LogP contribution in [0.1, 0.15) is 23.6 Å². The second-order valence-electron chi connectivity index (χ2n) is 7.85. The molecule has 1 aliphatic heterocycles. The molecule has 1 heterocycles. The minimum Gasteiger partial charge on any atom is -0.507 e. The van der Waals surface area contributed by atoms with Gasteiger partial charge in [-0.25, -0.2) is 4.39 Å². The number of nitro benzene ring substituents is 1. The number of carbonyl (C=O) groups excluding carboxylic acids is 2. The van der Waals surface area contributed by atoms with Gasteiger partial charge in [0.05, 0.1) is 23.6 Å². The summed E-state index contributed by atoms with van der Waals surface area (Å²) in [5.74, 6) is -3.15. The summed E-state index contributed by atoms with van der Waals surface area (Å²) in [4.78, 5) is 39.8. The predicted octanol–water partition coefficient (Wildman–Crippen LogP) is 3.12. The lowest BCUT2D eigenvalue weighted by Gasteiger charge is -2.25. The quantitative estimate of drug-likeness (QED) is 0.213. The second kappa shape index (κ2) is 9.78. The Labute approximate surface area is 189 Å². The summed E-state index contributed by atoms with van der Waals surface area (Å²) in [6.07, 6.45) is 0.530. The summed E-state index contributed by atoms with van der Waals surface area (Å²) in [5.41, 5.74) is -0.199. The number of likely N-dealkylation sites (tertiary alicyclic amines) is 1. The summed E-state index contributed by atoms with van der Waals surface area (Å²) in [7, 11) is 5.02. The zero-order valence-electron chi connectivity index (χ0n) is 18.4. The highest BCUT2D eigenvalue weighted by atomic mass is 19.1. The third-order valence-electron chi connectivity index (χ3n) is 5.37. The number of nitro groups is 1. The van der Waals surface area contributed by atoms with E-state index in [2.05, 4.69) is 0 Å². The molecule has 1 unspecified atom stereocenters. The fraction of sp³-hybridized carbons (Fsp3) is 0.304. The molecule has 1 aliphatic rings. The molecule has 1 atom stereocenters. The lowest BCUT2D eigenvalue weighted by Crippen LogP contribution is -2.32. The van der Waals surface area contributed by atoms with Gasteiger partial charge in [0.25, 0.3) is 17.4 Å². The van der Waals surface area contributed by atoms with Gasteiger partial charge in [0.15, 0.2) is 11.6 Å². The number of ketones is 1. The molecule has 0 bridgehead atoms. The summed E-state index contributed by atoms with van der Waals surface area (Å²) in [6, 6.07) is 8.14. The number of amides is 1. The summed E-state index contributed by atoms with van der Waals surface area (Å²) < 4.78 is 19.1. The Balaban J connectivity index is 2.15. The molecule has 1 N–H and O–H groups in total. The summed E-state index contributed by atoms with van der Waals surface area (Å²) >= 11 is 0. The van der Waals surface area contributed by atoms with Gasteiger partial charge in [-0.15, -0.1) is 0 Å². The first-order valence-corrected chi connectivity index (χ1v) is 10.2. The van der Waals surface area contributed by atoms with E-state index in [1.54, 1.807) is 6.07 Å². The van der Waals surface area contributed by atoms with Crippen molar-refractivity contribution >= 4 is 23.1 Å². The molecule has 2 aromatic rings. The molecule has 2 aromatic carbocycles. The van der Waals surface area contributed by atoms with Gasteiger partial charge in [-0.3, -0.25) is 19.7 Å². The van der Waals surface area contributed by atoms with Gasteiger partial charge in [0.1, 0.15) is 5.76 Å². The zero-order chi connectivity index (χ0) is 24.3. The van der Waals surface area contributed by atoms with Crippen LogP contribution in [0, 0.1) is 15.9 Å². The molecule has 9 nitrogen and oxygen atoms in total. The maximum absolute atomic E-state index is 14.3. The van der Waals surface area contributed by atoms with E-state index in [0.29, 0.717) is 18.5 Å². The first-order valence-electron chi connectivity index (χ1n) is 10.2. The summed E-state index contributed by atoms with van der Waals surface area (Å²) in [5, 5.41) is 22.3. The van der Waals surface area contributed by atoms with E-state index in [9.17, 15) is 29.2 Å². The number of benzene rings is 2. The maximum atomic E-state index is 14.3. The third kappa shape index (κ3) is 4.85. The molecular weight excluding hydrogens is 433 g/mol. The van der Waals surface area contributed by atoms with E-state index >= 15 is 0 Å². The number of aliphatic hydroxyl groups is 1. The van der Waals surface area contributed by atoms with Crippen LogP contribution < -0.4 is 4.74 Å². The van der Waals surface area contributed by atoms with Crippen molar-refractivity contribution < 1.29 is 28.7 Å². The molecule has 0 aromatic heterocycles. The molecule has 0 radical (unpaired) electrons. The van der Waals surface area contributed by atoms with Crippen LogP contribution in [0.2, 0.25) is 0 Å². The second-order valence-corrected chi connectivity index (χ2v) is 7.85. The molecule has 0 saturated carbocycles. The van der Waals surface area contributed by atoms with Crippen molar-refractivity contribution in [2.75, 3.05) is 34.3 Å². The van der Waals surface area contributed by atoms with Crippen molar-refractivity contribution in [1.82, 2.24) is 9.80 Å². The molecule has 0 aliphatic carbocycles. The van der Waals surface area contributed by atoms with E-state index in [4.69, 9.17) is 4.74 Å². The van der Waals surface area contributed by atoms with Gasteiger partial charge in [0.2, 0.25) is 0 Å². The molecular formula is C23H24FN3O6. The number of carbonyl (C=O) groups is 2. The number of ether oxygens (including phenoxy) is 1. The zero-order valence-corrected chi connectivity index (χ0v) is 18.4. The van der Waals surface area contributed by atoms with E-state index in [1.165, 1.54) is 42.3 Å². The fourth-order valence-electron chi connectivity index (χ4n) is 3.79. The first kappa shape index (κ1) is 23.9. The van der Waals surface area contributed by atoms with Crippen LogP contribution in [0.4, 0.5) is 10.1 Å². The van der Waals surface area contributed by atoms with Gasteiger partial charge in [-0.2, -0.15) is 0 Å². The molecule has 0 spiro atoms. The van der Waals surface area contributed by atoms with Crippen LogP contribution in [0.5, 0.6) is 5.75 Å². The van der Waals surface area contributed by atoms with Gasteiger partial charge in [-0.05, 0) is 50.8 Å². The molecule has 1 amide bonds. The normalized spacial score (nSPS) is 17.6. The minimum absolute atomic E-state index is 0.0185. The first-order chi connectivity index (χ1) is 15.6. The number of non-ortho nitro benzene ring substituents is 1. The average molecular weight is 457 g/mol. The Morgan fingerprint density at radius 2 is 1.97 bits per heavy atom. The summed E-state index contributed by atoms with van der Waals surface area (Å²) in [6.45, 7) is 0.818. The highest BCUT2D eigenvalue weighted by Gasteiger charge is 2.46. The SMILES string of the molecule is COc1ccc(/C(O)=C2\C(=O)C(=O)N(CCCN(C)C)C2c2cccc([N+](=O)[O-])c2)cc1F. The molecule has 174 valence electrons. The van der Waals surface area contributed by atoms with Crippen LogP contribution in [-0.2, 0) is 9.59 Å². The van der Waals surface area contributed by atoms with Crippen molar-refractivity contribution in [3.63, 3.8) is 0 Å². The molecule has 10 heteroatoms. The van der Waals surface area contributed by atoms with Crippen molar-refractivity contribution in [1.29, 1.82) is 0 Å². The van der Waals surface area contributed by atoms with Crippen LogP contribution in [0.25, 0.3) is 5.76 Å². The number of nitrogens with zero attached hydrogens (tertiary/aromatic N) is 3. The predicted molar refractivity (Wildman–Crippen MR) is 118 cm³/mol. The van der Waals surface area contributed by atoms with Crippen molar-refractivity contribution in [2.45, 2.75) is 12.5 Å². The maximum Gasteiger partial charge on any atom is 0.295 e. The van der Waals surface area contributed by atoms with Crippen molar-refractivity contribution in [3.8, 4) is 5.75 Å². The van der Waals surface area contributed by atoms with E-state index in [1.807, 2.05) is 19.0 Å². The van der Waals surface area contributed by atoms with Crippen molar-refractivity contribution in [3.05, 3.63) is 75.1 Å². The Morgan fingerprint density at radius 1 is 1.24 bits per heavy atom. The Hall–Kier alpha value is -3.79. The van der Waals surface area contributed by atoms with E-state index in [-0.39, 0.29) is 29.1 Å². The lowest BCUT2D eigenvalue weighted by molar-refractivity contribution is -0.384. The van der Waals surface area contributed by atoms with Crippen LogP contribution in [0.15, 0.2) is 48.0 Å². The monoisotopic (exact) mass is 457 g/mol. The number of methoxy groups -OCH3 is 1. The average Bonchev–Trinajstić information content (AvgIpc) is 3.03. The van der Waals surface area contributed by atoms with Gasteiger partial charge >= 0.3 is 0 Å². The number of rotatable bonds is 8. The Bertz CT molecular complexity index is 1130. The number of hydrogen-bond donors (Lipinski definition) is 1. The number of hydrogen-bond acceptors (Lipinski definition) is 7. The van der Waals surface area contributed by atoms with Crippen LogP contribution in [-0.4, -0.2) is 65.8 Å². The third-order valence-corrected chi connectivity index (χ3v) is 5.37. The smallest absolute Gasteiger partial charge is 0.295 e. The molecule has 1 fully saturated rings. The number of halogens is 1. The van der Waals surface area contributed by atoms with Crippen LogP contribution >= 0.6 is 0 Å². The fourth-order valence-corrected chi connectivity index (χ4v) is 3.79. The minimum atomic E-state index is -1.06. The van der Waals surface area contributed by atoms with Gasteiger partial charge in [0, 0.05) is 24.2 Å². The Morgan fingerprint density at radius 3 is 2.58 bits per heavy atom. The standard InChI is InChI=1S/C23H24FN3O6/c1-25(2)10-5-11-26-20(14-6-4-7-16(12-14)27(31)32)19(22(29)23(26)30)21(28)15-8-9-18(33-3)17(24)13-15/h4,6-9,12-13,20,28H,5,10-11H2,1-3H3/b21-19+. The van der Waals surface area contributed by atoms with E-state index in [0.717, 1.165) is 6.07 Å². The van der Waals surface area contributed by atoms with Gasteiger partial charge in [-0.1, -0.05) is 12.1 Å². The lowest BCUT2D eigenvalue weighted by atomic mass is 9.95. The van der Waals surface area contributed by atoms with Crippen LogP contribution in [0.3, 0.4) is 0 Å². The Kier molecular flexibility index (Phi) is 7.07. The number of Topliss-reactive ketones (excluding diaryl/α,β-unsaturated/α-hetero) is 1. The number of aliphatic hydroxyl groups excluding tert-OH is 1. The molecule has 33 heavy (non-hydrogen) atoms. The van der Waals surface area contributed by atoms with Gasteiger partial charge < -0.3 is 19.6 Å².